The summed E-state index contributed by atoms with van der Waals surface area (Å²) >= 11 is 1.08. The number of amides is 2. The minimum atomic E-state index is -1.19. The summed E-state index contributed by atoms with van der Waals surface area (Å²) in [7, 11) is 1.35. The van der Waals surface area contributed by atoms with E-state index in [1.807, 2.05) is 36.4 Å². The fourth-order valence-electron chi connectivity index (χ4n) is 4.10. The summed E-state index contributed by atoms with van der Waals surface area (Å²) in [5.74, 6) is -1.80. The molecule has 0 aliphatic heterocycles. The third-order valence-corrected chi connectivity index (χ3v) is 6.87. The van der Waals surface area contributed by atoms with E-state index >= 15 is 0 Å². The SMILES string of the molecule is COC[C@H](NC(=O)c1sc(CNC(=O)OCC2c3ccccc3-c3ccccc32)nc1C)C(=O)O. The number of hydrogen-bond acceptors (Lipinski definition) is 7. The van der Waals surface area contributed by atoms with Crippen LogP contribution >= 0.6 is 11.3 Å². The number of carbonyl (C=O) groups is 3. The molecule has 0 radical (unpaired) electrons. The monoisotopic (exact) mass is 495 g/mol. The van der Waals surface area contributed by atoms with E-state index in [1.54, 1.807) is 6.92 Å². The summed E-state index contributed by atoms with van der Waals surface area (Å²) in [6.07, 6.45) is -0.586. The Balaban J connectivity index is 1.34. The molecular weight excluding hydrogens is 470 g/mol. The van der Waals surface area contributed by atoms with Crippen molar-refractivity contribution in [2.24, 2.45) is 0 Å². The summed E-state index contributed by atoms with van der Waals surface area (Å²) in [6, 6.07) is 15.0. The van der Waals surface area contributed by atoms with Crippen molar-refractivity contribution < 1.29 is 29.0 Å². The van der Waals surface area contributed by atoms with Crippen molar-refractivity contribution in [2.75, 3.05) is 20.3 Å². The Labute approximate surface area is 206 Å². The molecule has 0 saturated carbocycles. The van der Waals surface area contributed by atoms with Crippen LogP contribution in [0.2, 0.25) is 0 Å². The van der Waals surface area contributed by atoms with Crippen LogP contribution in [-0.2, 0) is 20.8 Å². The van der Waals surface area contributed by atoms with Crippen LogP contribution in [0.25, 0.3) is 11.1 Å². The highest BCUT2D eigenvalue weighted by atomic mass is 32.1. The number of nitrogens with zero attached hydrogens (tertiary/aromatic N) is 1. The van der Waals surface area contributed by atoms with E-state index in [4.69, 9.17) is 9.47 Å². The van der Waals surface area contributed by atoms with Crippen LogP contribution in [0.1, 0.15) is 37.4 Å². The van der Waals surface area contributed by atoms with Gasteiger partial charge in [0.1, 0.15) is 16.5 Å². The van der Waals surface area contributed by atoms with Crippen LogP contribution < -0.4 is 10.6 Å². The van der Waals surface area contributed by atoms with Gasteiger partial charge < -0.3 is 25.2 Å². The van der Waals surface area contributed by atoms with E-state index in [0.717, 1.165) is 33.6 Å². The van der Waals surface area contributed by atoms with Crippen molar-refractivity contribution in [3.63, 3.8) is 0 Å². The molecule has 2 aromatic carbocycles. The minimum absolute atomic E-state index is 0.0418. The smallest absolute Gasteiger partial charge is 0.407 e. The normalized spacial score (nSPS) is 13.0. The number of rotatable bonds is 9. The first-order valence-corrected chi connectivity index (χ1v) is 11.8. The number of fused-ring (bicyclic) bond motifs is 3. The Morgan fingerprint density at radius 1 is 1.09 bits per heavy atom. The molecule has 0 unspecified atom stereocenters. The molecule has 1 aromatic heterocycles. The van der Waals surface area contributed by atoms with E-state index in [-0.39, 0.29) is 30.6 Å². The number of methoxy groups -OCH3 is 1. The summed E-state index contributed by atoms with van der Waals surface area (Å²) in [4.78, 5) is 40.7. The quantitative estimate of drug-likeness (QED) is 0.416. The summed E-state index contributed by atoms with van der Waals surface area (Å²) in [5.41, 5.74) is 4.99. The van der Waals surface area contributed by atoms with Gasteiger partial charge in [0, 0.05) is 13.0 Å². The van der Waals surface area contributed by atoms with E-state index in [2.05, 4.69) is 27.8 Å². The van der Waals surface area contributed by atoms with Crippen molar-refractivity contribution in [1.82, 2.24) is 15.6 Å². The Bertz CT molecular complexity index is 1210. The van der Waals surface area contributed by atoms with E-state index in [1.165, 1.54) is 7.11 Å². The molecule has 1 heterocycles. The highest BCUT2D eigenvalue weighted by Gasteiger charge is 2.29. The molecule has 182 valence electrons. The first kappa shape index (κ1) is 24.4. The van der Waals surface area contributed by atoms with E-state index in [9.17, 15) is 19.5 Å². The number of aliphatic carboxylic acids is 1. The third kappa shape index (κ3) is 5.33. The van der Waals surface area contributed by atoms with Crippen molar-refractivity contribution in [1.29, 1.82) is 0 Å². The second-order valence-corrected chi connectivity index (χ2v) is 9.10. The highest BCUT2D eigenvalue weighted by molar-refractivity contribution is 7.13. The number of aryl methyl sites for hydroxylation is 1. The Morgan fingerprint density at radius 2 is 1.71 bits per heavy atom. The zero-order valence-corrected chi connectivity index (χ0v) is 20.1. The van der Waals surface area contributed by atoms with Crippen molar-refractivity contribution in [3.8, 4) is 11.1 Å². The number of carbonyl (C=O) groups excluding carboxylic acids is 2. The van der Waals surface area contributed by atoms with Gasteiger partial charge in [0.25, 0.3) is 5.91 Å². The third-order valence-electron chi connectivity index (χ3n) is 5.71. The first-order chi connectivity index (χ1) is 16.9. The van der Waals surface area contributed by atoms with Gasteiger partial charge in [-0.15, -0.1) is 11.3 Å². The van der Waals surface area contributed by atoms with E-state index in [0.29, 0.717) is 10.7 Å². The van der Waals surface area contributed by atoms with E-state index < -0.39 is 24.0 Å². The Kier molecular flexibility index (Phi) is 7.42. The second kappa shape index (κ2) is 10.7. The number of thiazole rings is 1. The summed E-state index contributed by atoms with van der Waals surface area (Å²) < 4.78 is 10.4. The Morgan fingerprint density at radius 3 is 2.31 bits per heavy atom. The molecule has 3 aromatic rings. The molecule has 1 aliphatic rings. The van der Waals surface area contributed by atoms with Crippen LogP contribution in [0, 0.1) is 6.92 Å². The number of ether oxygens (including phenoxy) is 2. The lowest BCUT2D eigenvalue weighted by Crippen LogP contribution is -2.43. The average molecular weight is 496 g/mol. The molecule has 0 saturated heterocycles. The van der Waals surface area contributed by atoms with Gasteiger partial charge in [0.05, 0.1) is 18.8 Å². The molecule has 0 bridgehead atoms. The average Bonchev–Trinajstić information content (AvgIpc) is 3.38. The number of aromatic nitrogens is 1. The minimum Gasteiger partial charge on any atom is -0.480 e. The predicted molar refractivity (Wildman–Crippen MR) is 130 cm³/mol. The molecule has 1 aliphatic carbocycles. The van der Waals surface area contributed by atoms with Crippen molar-refractivity contribution in [2.45, 2.75) is 25.4 Å². The van der Waals surface area contributed by atoms with Crippen molar-refractivity contribution >= 4 is 29.3 Å². The fraction of sp³-hybridized carbons (Fsp3) is 0.280. The molecule has 1 atom stereocenters. The van der Waals surface area contributed by atoms with Gasteiger partial charge in [0.2, 0.25) is 0 Å². The number of hydrogen-bond donors (Lipinski definition) is 3. The van der Waals surface area contributed by atoms with Gasteiger partial charge in [0.15, 0.2) is 6.04 Å². The Hall–Kier alpha value is -3.76. The van der Waals surface area contributed by atoms with Gasteiger partial charge in [-0.1, -0.05) is 48.5 Å². The van der Waals surface area contributed by atoms with Crippen LogP contribution in [-0.4, -0.2) is 54.4 Å². The van der Waals surface area contributed by atoms with Crippen LogP contribution in [0.5, 0.6) is 0 Å². The van der Waals surface area contributed by atoms with Gasteiger partial charge in [-0.25, -0.2) is 14.6 Å². The van der Waals surface area contributed by atoms with Gasteiger partial charge >= 0.3 is 12.1 Å². The molecule has 35 heavy (non-hydrogen) atoms. The van der Waals surface area contributed by atoms with Gasteiger partial charge in [-0.2, -0.15) is 0 Å². The molecule has 2 amide bonds. The molecule has 9 nitrogen and oxygen atoms in total. The topological polar surface area (TPSA) is 127 Å². The van der Waals surface area contributed by atoms with Gasteiger partial charge in [-0.3, -0.25) is 4.79 Å². The molecule has 4 rings (SSSR count). The summed E-state index contributed by atoms with van der Waals surface area (Å²) in [5, 5.41) is 14.8. The maximum atomic E-state index is 12.5. The molecule has 0 spiro atoms. The van der Waals surface area contributed by atoms with Crippen LogP contribution in [0.3, 0.4) is 0 Å². The molecule has 3 N–H and O–H groups in total. The zero-order chi connectivity index (χ0) is 24.9. The molecular formula is C25H25N3O6S. The lowest BCUT2D eigenvalue weighted by molar-refractivity contribution is -0.140. The lowest BCUT2D eigenvalue weighted by Gasteiger charge is -2.14. The van der Waals surface area contributed by atoms with Gasteiger partial charge in [-0.05, 0) is 29.2 Å². The highest BCUT2D eigenvalue weighted by Crippen LogP contribution is 2.44. The lowest BCUT2D eigenvalue weighted by atomic mass is 9.98. The maximum Gasteiger partial charge on any atom is 0.407 e. The largest absolute Gasteiger partial charge is 0.480 e. The number of carboxylic acids is 1. The summed E-state index contributed by atoms with van der Waals surface area (Å²) in [6.45, 7) is 1.76. The number of alkyl carbamates (subject to hydrolysis) is 1. The second-order valence-electron chi connectivity index (χ2n) is 8.02. The van der Waals surface area contributed by atoms with Crippen LogP contribution in [0.15, 0.2) is 48.5 Å². The molecule has 0 fully saturated rings. The predicted octanol–water partition coefficient (Wildman–Crippen LogP) is 3.32. The first-order valence-electron chi connectivity index (χ1n) is 11.0. The standard InChI is InChI=1S/C25H25N3O6S/c1-14-22(23(29)28-20(13-33-2)24(30)31)35-21(27-14)11-26-25(32)34-12-19-17-9-5-3-7-15(17)16-8-4-6-10-18(16)19/h3-10,19-20H,11-13H2,1-2H3,(H,26,32)(H,28,29)(H,30,31)/t20-/m0/s1. The van der Waals surface area contributed by atoms with Crippen LogP contribution in [0.4, 0.5) is 4.79 Å². The number of benzene rings is 2. The zero-order valence-electron chi connectivity index (χ0n) is 19.2. The maximum absolute atomic E-state index is 12.5. The number of nitrogens with one attached hydrogen (secondary N) is 2. The fourth-order valence-corrected chi connectivity index (χ4v) is 5.01. The van der Waals surface area contributed by atoms with Crippen molar-refractivity contribution in [3.05, 3.63) is 75.2 Å². The molecule has 10 heteroatoms. The number of carboxylic acid groups (broad SMARTS) is 1.